The van der Waals surface area contributed by atoms with Crippen LogP contribution in [-0.4, -0.2) is 62.0 Å². The van der Waals surface area contributed by atoms with E-state index >= 15 is 0 Å². The van der Waals surface area contributed by atoms with Crippen LogP contribution in [0.3, 0.4) is 0 Å². The van der Waals surface area contributed by atoms with Crippen LogP contribution < -0.4 is 14.4 Å². The number of amides is 2. The van der Waals surface area contributed by atoms with E-state index in [1.807, 2.05) is 18.2 Å². The van der Waals surface area contributed by atoms with Crippen LogP contribution in [0.1, 0.15) is 79.8 Å². The van der Waals surface area contributed by atoms with Crippen molar-refractivity contribution in [2.24, 2.45) is 23.7 Å². The summed E-state index contributed by atoms with van der Waals surface area (Å²) in [6, 6.07) is 10.9. The summed E-state index contributed by atoms with van der Waals surface area (Å²) in [7, 11) is -3.99. The lowest BCUT2D eigenvalue weighted by Crippen LogP contribution is -2.61. The Balaban J connectivity index is 1.24. The van der Waals surface area contributed by atoms with Crippen LogP contribution in [0.2, 0.25) is 5.02 Å². The molecule has 3 aliphatic heterocycles. The predicted octanol–water partition coefficient (Wildman–Crippen LogP) is 6.20. The summed E-state index contributed by atoms with van der Waals surface area (Å²) in [4.78, 5) is 30.7. The number of rotatable bonds is 1. The van der Waals surface area contributed by atoms with Crippen molar-refractivity contribution in [2.75, 3.05) is 31.1 Å². The van der Waals surface area contributed by atoms with Crippen LogP contribution in [0, 0.1) is 23.7 Å². The average Bonchev–Trinajstić information content (AvgIpc) is 3.68. The van der Waals surface area contributed by atoms with E-state index in [1.54, 1.807) is 25.1 Å². The lowest BCUT2D eigenvalue weighted by atomic mass is 9.65. The number of aryl methyl sites for hydroxylation is 1. The third kappa shape index (κ3) is 6.34. The Morgan fingerprint density at radius 1 is 1.02 bits per heavy atom. The van der Waals surface area contributed by atoms with Gasteiger partial charge in [0.15, 0.2) is 0 Å². The summed E-state index contributed by atoms with van der Waals surface area (Å²) in [6.07, 6.45) is 6.52. The van der Waals surface area contributed by atoms with Crippen molar-refractivity contribution in [3.63, 3.8) is 0 Å². The molecule has 4 unspecified atom stereocenters. The van der Waals surface area contributed by atoms with Gasteiger partial charge in [0.05, 0.1) is 23.5 Å². The molecule has 1 saturated heterocycles. The molecule has 2 aromatic carbocycles. The molecule has 3 fully saturated rings. The molecule has 0 aromatic heterocycles. The van der Waals surface area contributed by atoms with Gasteiger partial charge in [0, 0.05) is 29.6 Å². The zero-order valence-corrected chi connectivity index (χ0v) is 28.2. The van der Waals surface area contributed by atoms with E-state index < -0.39 is 39.7 Å². The van der Waals surface area contributed by atoms with Gasteiger partial charge in [-0.2, -0.15) is 0 Å². The monoisotopic (exact) mass is 689 g/mol. The molecule has 2 aromatic rings. The molecule has 7 rings (SSSR count). The number of halogens is 3. The Morgan fingerprint density at radius 2 is 1.83 bits per heavy atom. The maximum atomic E-state index is 13.8. The Morgan fingerprint density at radius 3 is 2.57 bits per heavy atom. The minimum absolute atomic E-state index is 0.0411. The maximum absolute atomic E-state index is 13.8. The van der Waals surface area contributed by atoms with Crippen molar-refractivity contribution in [1.82, 2.24) is 9.62 Å². The molecule has 1 N–H and O–H groups in total. The zero-order valence-electron chi connectivity index (χ0n) is 26.7. The summed E-state index contributed by atoms with van der Waals surface area (Å²) in [5, 5.41) is 0.670. The molecular weight excluding hydrogens is 648 g/mol. The third-order valence-corrected chi connectivity index (χ3v) is 13.8. The zero-order chi connectivity index (χ0) is 33.1. The predicted molar refractivity (Wildman–Crippen MR) is 175 cm³/mol. The van der Waals surface area contributed by atoms with Crippen LogP contribution in [0.5, 0.6) is 5.75 Å². The lowest BCUT2D eigenvalue weighted by Gasteiger charge is -2.47. The van der Waals surface area contributed by atoms with Gasteiger partial charge in [-0.15, -0.1) is 0 Å². The summed E-state index contributed by atoms with van der Waals surface area (Å²) < 4.78 is 62.3. The number of nitrogens with one attached hydrogen (secondary N) is 1. The summed E-state index contributed by atoms with van der Waals surface area (Å²) >= 11 is 6.32. The van der Waals surface area contributed by atoms with Gasteiger partial charge in [-0.3, -0.25) is 9.59 Å². The van der Waals surface area contributed by atoms with Gasteiger partial charge < -0.3 is 14.5 Å². The van der Waals surface area contributed by atoms with Crippen molar-refractivity contribution in [2.45, 2.75) is 82.0 Å². The first-order chi connectivity index (χ1) is 22.3. The molecule has 2 bridgehead atoms. The van der Waals surface area contributed by atoms with E-state index in [2.05, 4.69) is 9.62 Å². The molecule has 47 heavy (non-hydrogen) atoms. The molecule has 12 heteroatoms. The van der Waals surface area contributed by atoms with Gasteiger partial charge in [-0.05, 0) is 118 Å². The fourth-order valence-electron chi connectivity index (χ4n) is 8.19. The molecule has 3 heterocycles. The second-order valence-corrected chi connectivity index (χ2v) is 17.1. The Kier molecular flexibility index (Phi) is 8.47. The highest BCUT2D eigenvalue weighted by molar-refractivity contribution is 7.91. The van der Waals surface area contributed by atoms with Crippen LogP contribution in [0.4, 0.5) is 14.5 Å². The van der Waals surface area contributed by atoms with Gasteiger partial charge >= 0.3 is 0 Å². The second kappa shape index (κ2) is 12.2. The van der Waals surface area contributed by atoms with Crippen molar-refractivity contribution in [3.05, 3.63) is 58.1 Å². The fourth-order valence-corrected chi connectivity index (χ4v) is 9.95. The van der Waals surface area contributed by atoms with Gasteiger partial charge in [-0.1, -0.05) is 24.1 Å². The molecule has 5 aliphatic rings. The molecule has 0 radical (unpaired) electrons. The first-order valence-corrected chi connectivity index (χ1v) is 18.7. The van der Waals surface area contributed by atoms with Gasteiger partial charge in [-0.25, -0.2) is 21.9 Å². The first-order valence-electron chi connectivity index (χ1n) is 16.9. The van der Waals surface area contributed by atoms with E-state index in [1.165, 1.54) is 4.90 Å². The number of sulfonamides is 1. The molecule has 2 saturated carbocycles. The minimum Gasteiger partial charge on any atom is -0.487 e. The normalized spacial score (nSPS) is 31.6. The Hall–Kier alpha value is -2.92. The summed E-state index contributed by atoms with van der Waals surface area (Å²) in [5.74, 6) is -3.45. The molecule has 2 aliphatic carbocycles. The number of hydrogen-bond donors (Lipinski definition) is 1. The minimum atomic E-state index is -3.99. The van der Waals surface area contributed by atoms with Crippen molar-refractivity contribution in [1.29, 1.82) is 0 Å². The third-order valence-electron chi connectivity index (χ3n) is 11.4. The maximum Gasteiger partial charge on any atom is 0.282 e. The number of hydrogen-bond acceptors (Lipinski definition) is 6. The molecule has 2 amide bonds. The quantitative estimate of drug-likeness (QED) is 0.383. The molecule has 5 atom stereocenters. The fraction of sp³-hybridized carbons (Fsp3) is 0.600. The average molecular weight is 690 g/mol. The van der Waals surface area contributed by atoms with Crippen LogP contribution in [0.25, 0.3) is 0 Å². The topological polar surface area (TPSA) is 96.0 Å². The van der Waals surface area contributed by atoms with E-state index in [-0.39, 0.29) is 35.1 Å². The number of benzene rings is 2. The number of anilines is 1. The lowest BCUT2D eigenvalue weighted by molar-refractivity contribution is -0.173. The highest BCUT2D eigenvalue weighted by Crippen LogP contribution is 2.53. The number of carbonyl (C=O) groups is 2. The molecule has 254 valence electrons. The first kappa shape index (κ1) is 32.6. The van der Waals surface area contributed by atoms with Gasteiger partial charge in [0.2, 0.25) is 15.9 Å². The van der Waals surface area contributed by atoms with E-state index in [0.29, 0.717) is 61.8 Å². The van der Waals surface area contributed by atoms with Gasteiger partial charge in [0.25, 0.3) is 11.8 Å². The Labute approximate surface area is 280 Å². The Bertz CT molecular complexity index is 1680. The van der Waals surface area contributed by atoms with E-state index in [0.717, 1.165) is 43.2 Å². The molecule has 8 nitrogen and oxygen atoms in total. The molecule has 0 spiro atoms. The summed E-state index contributed by atoms with van der Waals surface area (Å²) in [5.41, 5.74) is 3.09. The number of ether oxygens (including phenoxy) is 1. The molecular formula is C35H42ClF2N3O5S. The van der Waals surface area contributed by atoms with E-state index in [9.17, 15) is 26.8 Å². The number of fused-ring (bicyclic) bond motifs is 4. The number of carbonyl (C=O) groups excluding carboxylic acids is 2. The van der Waals surface area contributed by atoms with Crippen LogP contribution >= 0.6 is 11.6 Å². The van der Waals surface area contributed by atoms with Crippen molar-refractivity contribution in [3.8, 4) is 5.75 Å². The van der Waals surface area contributed by atoms with Crippen molar-refractivity contribution < 1.29 is 31.5 Å². The number of nitrogens with zero attached hydrogens (tertiary/aromatic N) is 2. The second-order valence-electron chi connectivity index (χ2n) is 14.5. The summed E-state index contributed by atoms with van der Waals surface area (Å²) in [6.45, 7) is 2.17. The standard InChI is InChI=1S/C35H42ClF2N3O5S/c1-34-17-26(34)6-4-7-29(33(43)41-20-35(37,38)21-41)28-12-9-24(28)18-40-14-3-2-5-22-15-27(36)11-8-25(22)19-46-31-13-10-23(16-30(31)40)32(42)39-47(34,44)45/h8,10-11,13,15-16,24,26,28-29H,2-7,9,12,14,17-21H2,1H3,(H,39,42)/t24?,26?,28?,29-,34?/m0/s1. The highest BCUT2D eigenvalue weighted by Gasteiger charge is 2.60. The SMILES string of the molecule is CC12CC1CCC[C@H](C(=O)N1CC(F)(F)C1)C1CCC1CN1CCCCc3cc(Cl)ccc3COc3ccc(cc31)C(=O)NS2(=O)=O. The van der Waals surface area contributed by atoms with Crippen LogP contribution in [0.15, 0.2) is 36.4 Å². The van der Waals surface area contributed by atoms with Crippen LogP contribution in [-0.2, 0) is 27.8 Å². The highest BCUT2D eigenvalue weighted by atomic mass is 35.5. The smallest absolute Gasteiger partial charge is 0.282 e. The van der Waals surface area contributed by atoms with Gasteiger partial charge in [0.1, 0.15) is 12.4 Å². The number of alkyl halides is 2. The largest absolute Gasteiger partial charge is 0.487 e. The number of likely N-dealkylation sites (tertiary alicyclic amines) is 1. The van der Waals surface area contributed by atoms with Crippen molar-refractivity contribution >= 4 is 39.1 Å². The van der Waals surface area contributed by atoms with E-state index in [4.69, 9.17) is 16.3 Å².